The van der Waals surface area contributed by atoms with Crippen molar-refractivity contribution in [1.29, 1.82) is 0 Å². The minimum Gasteiger partial charge on any atom is -0.469 e. The van der Waals surface area contributed by atoms with Gasteiger partial charge in [-0.05, 0) is 31.7 Å². The molecule has 0 aliphatic heterocycles. The first-order chi connectivity index (χ1) is 14.9. The van der Waals surface area contributed by atoms with Crippen LogP contribution in [0.15, 0.2) is 24.7 Å². The summed E-state index contributed by atoms with van der Waals surface area (Å²) in [6.07, 6.45) is 6.25. The van der Waals surface area contributed by atoms with E-state index in [9.17, 15) is 8.78 Å². The van der Waals surface area contributed by atoms with Crippen molar-refractivity contribution in [3.8, 4) is 11.8 Å². The van der Waals surface area contributed by atoms with E-state index in [4.69, 9.17) is 4.74 Å². The lowest BCUT2D eigenvalue weighted by Crippen LogP contribution is -2.32. The van der Waals surface area contributed by atoms with Gasteiger partial charge < -0.3 is 10.1 Å². The van der Waals surface area contributed by atoms with Gasteiger partial charge in [-0.3, -0.25) is 4.68 Å². The monoisotopic (exact) mass is 430 g/mol. The SMILES string of the molecule is Cn1cnc(COc2cc(NC3CCC(F)(F)CC3)nc(-n3ccc(C4CC4)n3)n2)n1. The van der Waals surface area contributed by atoms with Crippen molar-refractivity contribution >= 4 is 5.82 Å². The zero-order valence-electron chi connectivity index (χ0n) is 17.2. The average Bonchev–Trinajstić information content (AvgIpc) is 3.32. The Labute approximate surface area is 177 Å². The zero-order chi connectivity index (χ0) is 21.4. The summed E-state index contributed by atoms with van der Waals surface area (Å²) < 4.78 is 36.0. The Morgan fingerprint density at radius 1 is 1.16 bits per heavy atom. The van der Waals surface area contributed by atoms with Crippen LogP contribution in [-0.2, 0) is 13.7 Å². The molecule has 2 aliphatic rings. The third-order valence-electron chi connectivity index (χ3n) is 5.57. The predicted octanol–water partition coefficient (Wildman–Crippen LogP) is 3.24. The molecule has 0 unspecified atom stereocenters. The molecule has 11 heteroatoms. The molecule has 0 saturated heterocycles. The van der Waals surface area contributed by atoms with E-state index in [1.54, 1.807) is 28.8 Å². The van der Waals surface area contributed by atoms with Gasteiger partial charge in [-0.1, -0.05) is 0 Å². The van der Waals surface area contributed by atoms with Crippen molar-refractivity contribution in [3.05, 3.63) is 36.2 Å². The van der Waals surface area contributed by atoms with Crippen molar-refractivity contribution in [2.24, 2.45) is 7.05 Å². The third-order valence-corrected chi connectivity index (χ3v) is 5.57. The van der Waals surface area contributed by atoms with Crippen molar-refractivity contribution in [3.63, 3.8) is 0 Å². The Hall–Kier alpha value is -3.11. The molecular formula is C20H24F2N8O. The molecule has 31 heavy (non-hydrogen) atoms. The third kappa shape index (κ3) is 4.80. The maximum atomic E-state index is 13.5. The van der Waals surface area contributed by atoms with Crippen LogP contribution in [-0.4, -0.2) is 46.5 Å². The predicted molar refractivity (Wildman–Crippen MR) is 107 cm³/mol. The van der Waals surface area contributed by atoms with Gasteiger partial charge in [0.1, 0.15) is 12.1 Å². The molecule has 0 bridgehead atoms. The van der Waals surface area contributed by atoms with Crippen LogP contribution in [0.3, 0.4) is 0 Å². The minimum absolute atomic E-state index is 0.0765. The van der Waals surface area contributed by atoms with Gasteiger partial charge in [0.05, 0.1) is 5.69 Å². The van der Waals surface area contributed by atoms with Gasteiger partial charge in [-0.2, -0.15) is 20.2 Å². The summed E-state index contributed by atoms with van der Waals surface area (Å²) in [5.74, 6) is -0.314. The molecular weight excluding hydrogens is 406 g/mol. The van der Waals surface area contributed by atoms with Crippen LogP contribution in [0.2, 0.25) is 0 Å². The molecule has 3 heterocycles. The van der Waals surface area contributed by atoms with Crippen LogP contribution < -0.4 is 10.1 Å². The first kappa shape index (κ1) is 19.8. The number of aromatic nitrogens is 7. The molecule has 3 aromatic rings. The van der Waals surface area contributed by atoms with Gasteiger partial charge >= 0.3 is 0 Å². The summed E-state index contributed by atoms with van der Waals surface area (Å²) in [4.78, 5) is 13.2. The normalized spacial score (nSPS) is 18.8. The molecule has 2 fully saturated rings. The molecule has 1 N–H and O–H groups in total. The van der Waals surface area contributed by atoms with E-state index in [2.05, 4.69) is 30.5 Å². The molecule has 164 valence electrons. The fraction of sp³-hybridized carbons (Fsp3) is 0.550. The van der Waals surface area contributed by atoms with E-state index in [0.717, 1.165) is 18.5 Å². The molecule has 0 amide bonds. The standard InChI is InChI=1S/C20H24F2N8O/c1-29-12-23-17(28-29)11-31-18-10-16(24-14-4-7-20(21,22)8-5-14)25-19(26-18)30-9-6-15(27-30)13-2-3-13/h6,9-10,12-14H,2-5,7-8,11H2,1H3,(H,24,25,26). The summed E-state index contributed by atoms with van der Waals surface area (Å²) in [7, 11) is 1.78. The molecule has 0 spiro atoms. The number of hydrogen-bond acceptors (Lipinski definition) is 7. The van der Waals surface area contributed by atoms with Gasteiger partial charge in [-0.15, -0.1) is 0 Å². The molecule has 2 aliphatic carbocycles. The second kappa shape index (κ2) is 7.86. The summed E-state index contributed by atoms with van der Waals surface area (Å²) in [6.45, 7) is 0.152. The Bertz CT molecular complexity index is 1050. The number of nitrogens with zero attached hydrogens (tertiary/aromatic N) is 7. The lowest BCUT2D eigenvalue weighted by atomic mass is 9.92. The summed E-state index contributed by atoms with van der Waals surface area (Å²) in [5.41, 5.74) is 1.02. The van der Waals surface area contributed by atoms with Crippen molar-refractivity contribution in [2.45, 2.75) is 63.0 Å². The Balaban J connectivity index is 1.37. The Kier molecular flexibility index (Phi) is 5.03. The number of aryl methyl sites for hydroxylation is 1. The first-order valence-electron chi connectivity index (χ1n) is 10.5. The fourth-order valence-electron chi connectivity index (χ4n) is 3.69. The first-order valence-corrected chi connectivity index (χ1v) is 10.5. The van der Waals surface area contributed by atoms with Crippen molar-refractivity contribution < 1.29 is 13.5 Å². The number of nitrogens with one attached hydrogen (secondary N) is 1. The van der Waals surface area contributed by atoms with Gasteiger partial charge in [0.15, 0.2) is 12.4 Å². The van der Waals surface area contributed by atoms with Gasteiger partial charge in [0.25, 0.3) is 5.95 Å². The lowest BCUT2D eigenvalue weighted by molar-refractivity contribution is -0.0361. The molecule has 0 aromatic carbocycles. The van der Waals surface area contributed by atoms with E-state index in [1.165, 1.54) is 0 Å². The maximum absolute atomic E-state index is 13.5. The quantitative estimate of drug-likeness (QED) is 0.615. The van der Waals surface area contributed by atoms with Crippen LogP contribution in [0.4, 0.5) is 14.6 Å². The smallest absolute Gasteiger partial charge is 0.255 e. The number of anilines is 1. The highest BCUT2D eigenvalue weighted by Gasteiger charge is 2.35. The molecule has 3 aromatic heterocycles. The van der Waals surface area contributed by atoms with E-state index < -0.39 is 5.92 Å². The van der Waals surface area contributed by atoms with Gasteiger partial charge in [0, 0.05) is 44.1 Å². The number of hydrogen-bond donors (Lipinski definition) is 1. The molecule has 0 atom stereocenters. The zero-order valence-corrected chi connectivity index (χ0v) is 17.2. The minimum atomic E-state index is -2.58. The largest absolute Gasteiger partial charge is 0.469 e. The highest BCUT2D eigenvalue weighted by atomic mass is 19.3. The van der Waals surface area contributed by atoms with Crippen LogP contribution in [0, 0.1) is 0 Å². The highest BCUT2D eigenvalue weighted by Crippen LogP contribution is 2.39. The van der Waals surface area contributed by atoms with Crippen LogP contribution in [0.1, 0.15) is 56.0 Å². The number of rotatable bonds is 7. The van der Waals surface area contributed by atoms with E-state index >= 15 is 0 Å². The van der Waals surface area contributed by atoms with Crippen LogP contribution >= 0.6 is 0 Å². The fourth-order valence-corrected chi connectivity index (χ4v) is 3.69. The van der Waals surface area contributed by atoms with E-state index in [-0.39, 0.29) is 25.5 Å². The van der Waals surface area contributed by atoms with Gasteiger partial charge in [-0.25, -0.2) is 18.4 Å². The summed E-state index contributed by atoms with van der Waals surface area (Å²) in [6, 6.07) is 3.57. The van der Waals surface area contributed by atoms with Crippen LogP contribution in [0.5, 0.6) is 5.88 Å². The molecule has 5 rings (SSSR count). The number of ether oxygens (including phenoxy) is 1. The van der Waals surface area contributed by atoms with Gasteiger partial charge in [0.2, 0.25) is 11.8 Å². The van der Waals surface area contributed by atoms with Crippen LogP contribution in [0.25, 0.3) is 5.95 Å². The topological polar surface area (TPSA) is 95.6 Å². The van der Waals surface area contributed by atoms with Crippen molar-refractivity contribution in [1.82, 2.24) is 34.5 Å². The lowest BCUT2D eigenvalue weighted by Gasteiger charge is -2.29. The summed E-state index contributed by atoms with van der Waals surface area (Å²) in [5, 5.41) is 12.1. The number of halogens is 2. The average molecular weight is 430 g/mol. The molecule has 2 saturated carbocycles. The van der Waals surface area contributed by atoms with E-state index in [1.807, 2.05) is 12.3 Å². The van der Waals surface area contributed by atoms with E-state index in [0.29, 0.717) is 42.2 Å². The maximum Gasteiger partial charge on any atom is 0.255 e. The summed E-state index contributed by atoms with van der Waals surface area (Å²) >= 11 is 0. The Morgan fingerprint density at radius 2 is 1.97 bits per heavy atom. The Morgan fingerprint density at radius 3 is 2.68 bits per heavy atom. The van der Waals surface area contributed by atoms with Crippen molar-refractivity contribution in [2.75, 3.05) is 5.32 Å². The second-order valence-electron chi connectivity index (χ2n) is 8.25. The second-order valence-corrected chi connectivity index (χ2v) is 8.25. The number of alkyl halides is 2. The molecule has 0 radical (unpaired) electrons. The molecule has 9 nitrogen and oxygen atoms in total. The highest BCUT2D eigenvalue weighted by molar-refractivity contribution is 5.42.